The highest BCUT2D eigenvalue weighted by Gasteiger charge is 2.14. The molecule has 106 valence electrons. The summed E-state index contributed by atoms with van der Waals surface area (Å²) in [7, 11) is 0. The van der Waals surface area contributed by atoms with Gasteiger partial charge in [0.1, 0.15) is 0 Å². The van der Waals surface area contributed by atoms with Crippen LogP contribution in [0.25, 0.3) is 33.1 Å². The van der Waals surface area contributed by atoms with Crippen LogP contribution in [0, 0.1) is 0 Å². The Labute approximate surface area is 130 Å². The van der Waals surface area contributed by atoms with Gasteiger partial charge in [-0.25, -0.2) is 0 Å². The highest BCUT2D eigenvalue weighted by atomic mass is 15.0. The molecule has 0 atom stereocenters. The van der Waals surface area contributed by atoms with Gasteiger partial charge in [-0.05, 0) is 30.7 Å². The SMILES string of the molecule is C=C(C)c1cccc2c3ccccc3n(-c3ccccc3)c12. The Morgan fingerprint density at radius 3 is 2.23 bits per heavy atom. The summed E-state index contributed by atoms with van der Waals surface area (Å²) < 4.78 is 2.34. The second kappa shape index (κ2) is 4.88. The van der Waals surface area contributed by atoms with Gasteiger partial charge in [-0.3, -0.25) is 0 Å². The molecule has 1 heterocycles. The minimum atomic E-state index is 1.09. The monoisotopic (exact) mass is 283 g/mol. The fourth-order valence-corrected chi connectivity index (χ4v) is 3.21. The summed E-state index contributed by atoms with van der Waals surface area (Å²) in [6, 6.07) is 25.6. The zero-order chi connectivity index (χ0) is 15.1. The number of benzene rings is 3. The van der Waals surface area contributed by atoms with E-state index in [0.717, 1.165) is 5.57 Å². The van der Waals surface area contributed by atoms with Gasteiger partial charge in [-0.2, -0.15) is 0 Å². The van der Waals surface area contributed by atoms with Crippen LogP contribution in [0.1, 0.15) is 12.5 Å². The molecule has 0 unspecified atom stereocenters. The Kier molecular flexibility index (Phi) is 2.87. The molecular weight excluding hydrogens is 266 g/mol. The van der Waals surface area contributed by atoms with Gasteiger partial charge in [0, 0.05) is 22.0 Å². The molecule has 0 amide bonds. The molecule has 4 aromatic rings. The quantitative estimate of drug-likeness (QED) is 0.437. The van der Waals surface area contributed by atoms with Crippen molar-refractivity contribution in [1.29, 1.82) is 0 Å². The van der Waals surface area contributed by atoms with Crippen LogP contribution in [-0.2, 0) is 0 Å². The van der Waals surface area contributed by atoms with Gasteiger partial charge < -0.3 is 4.57 Å². The molecule has 0 bridgehead atoms. The van der Waals surface area contributed by atoms with Crippen molar-refractivity contribution >= 4 is 27.4 Å². The highest BCUT2D eigenvalue weighted by molar-refractivity contribution is 6.12. The molecule has 0 aliphatic carbocycles. The summed E-state index contributed by atoms with van der Waals surface area (Å²) >= 11 is 0. The number of hydrogen-bond acceptors (Lipinski definition) is 0. The van der Waals surface area contributed by atoms with Crippen molar-refractivity contribution in [3.8, 4) is 5.69 Å². The van der Waals surface area contributed by atoms with E-state index >= 15 is 0 Å². The molecule has 0 aliphatic rings. The summed E-state index contributed by atoms with van der Waals surface area (Å²) in [6.45, 7) is 6.24. The Balaban J connectivity index is 2.27. The molecule has 1 heteroatoms. The summed E-state index contributed by atoms with van der Waals surface area (Å²) in [5.74, 6) is 0. The maximum atomic E-state index is 4.17. The van der Waals surface area contributed by atoms with Crippen LogP contribution in [0.2, 0.25) is 0 Å². The standard InChI is InChI=1S/C21H17N/c1-15(2)17-12-8-13-19-18-11-6-7-14-20(18)22(21(17)19)16-9-4-3-5-10-16/h3-14H,1H2,2H3. The van der Waals surface area contributed by atoms with E-state index in [4.69, 9.17) is 0 Å². The summed E-state index contributed by atoms with van der Waals surface area (Å²) in [5, 5.41) is 2.56. The largest absolute Gasteiger partial charge is 0.309 e. The second-order valence-corrected chi connectivity index (χ2v) is 5.67. The van der Waals surface area contributed by atoms with Gasteiger partial charge in [0.05, 0.1) is 11.0 Å². The van der Waals surface area contributed by atoms with Crippen LogP contribution in [0.3, 0.4) is 0 Å². The van der Waals surface area contributed by atoms with Crippen LogP contribution in [0.15, 0.2) is 79.4 Å². The summed E-state index contributed by atoms with van der Waals surface area (Å²) in [6.07, 6.45) is 0. The molecule has 0 saturated carbocycles. The first-order valence-electron chi connectivity index (χ1n) is 7.51. The van der Waals surface area contributed by atoms with Crippen molar-refractivity contribution in [2.75, 3.05) is 0 Å². The van der Waals surface area contributed by atoms with Gasteiger partial charge in [0.15, 0.2) is 0 Å². The Bertz CT molecular complexity index is 990. The molecule has 1 aromatic heterocycles. The number of fused-ring (bicyclic) bond motifs is 3. The first kappa shape index (κ1) is 12.9. The Morgan fingerprint density at radius 2 is 1.45 bits per heavy atom. The fourth-order valence-electron chi connectivity index (χ4n) is 3.21. The van der Waals surface area contributed by atoms with E-state index in [1.54, 1.807) is 0 Å². The van der Waals surface area contributed by atoms with Gasteiger partial charge >= 0.3 is 0 Å². The molecule has 1 nitrogen and oxygen atoms in total. The average Bonchev–Trinajstić information content (AvgIpc) is 2.90. The van der Waals surface area contributed by atoms with Crippen molar-refractivity contribution in [2.24, 2.45) is 0 Å². The van der Waals surface area contributed by atoms with Crippen molar-refractivity contribution < 1.29 is 0 Å². The predicted octanol–water partition coefficient (Wildman–Crippen LogP) is 5.82. The number of para-hydroxylation sites is 3. The number of nitrogens with zero attached hydrogens (tertiary/aromatic N) is 1. The first-order valence-corrected chi connectivity index (χ1v) is 7.51. The van der Waals surface area contributed by atoms with E-state index in [1.165, 1.54) is 33.1 Å². The third kappa shape index (κ3) is 1.79. The minimum absolute atomic E-state index is 1.09. The van der Waals surface area contributed by atoms with E-state index in [2.05, 4.69) is 90.9 Å². The highest BCUT2D eigenvalue weighted by Crippen LogP contribution is 2.35. The molecule has 0 fully saturated rings. The third-order valence-electron chi connectivity index (χ3n) is 4.17. The molecule has 22 heavy (non-hydrogen) atoms. The third-order valence-corrected chi connectivity index (χ3v) is 4.17. The molecule has 0 saturated heterocycles. The smallest absolute Gasteiger partial charge is 0.0615 e. The van der Waals surface area contributed by atoms with Crippen LogP contribution in [0.4, 0.5) is 0 Å². The van der Waals surface area contributed by atoms with Crippen LogP contribution < -0.4 is 0 Å². The number of allylic oxidation sites excluding steroid dienone is 1. The van der Waals surface area contributed by atoms with Gasteiger partial charge in [-0.15, -0.1) is 0 Å². The van der Waals surface area contributed by atoms with Crippen LogP contribution in [0.5, 0.6) is 0 Å². The van der Waals surface area contributed by atoms with Crippen molar-refractivity contribution in [3.05, 3.63) is 84.9 Å². The fraction of sp³-hybridized carbons (Fsp3) is 0.0476. The molecule has 4 rings (SSSR count). The average molecular weight is 283 g/mol. The van der Waals surface area contributed by atoms with Gasteiger partial charge in [0.2, 0.25) is 0 Å². The van der Waals surface area contributed by atoms with E-state index in [9.17, 15) is 0 Å². The zero-order valence-electron chi connectivity index (χ0n) is 12.6. The molecule has 0 spiro atoms. The van der Waals surface area contributed by atoms with Crippen molar-refractivity contribution in [1.82, 2.24) is 4.57 Å². The molecular formula is C21H17N. The maximum absolute atomic E-state index is 4.17. The van der Waals surface area contributed by atoms with Crippen LogP contribution in [-0.4, -0.2) is 4.57 Å². The lowest BCUT2D eigenvalue weighted by Gasteiger charge is -2.11. The first-order chi connectivity index (χ1) is 10.8. The summed E-state index contributed by atoms with van der Waals surface area (Å²) in [5.41, 5.74) is 5.95. The lowest BCUT2D eigenvalue weighted by molar-refractivity contribution is 1.18. The van der Waals surface area contributed by atoms with E-state index in [1.807, 2.05) is 0 Å². The number of aromatic nitrogens is 1. The normalized spacial score (nSPS) is 11.1. The zero-order valence-corrected chi connectivity index (χ0v) is 12.6. The molecule has 0 radical (unpaired) electrons. The van der Waals surface area contributed by atoms with Crippen LogP contribution >= 0.6 is 0 Å². The summed E-state index contributed by atoms with van der Waals surface area (Å²) in [4.78, 5) is 0. The van der Waals surface area contributed by atoms with Gasteiger partial charge in [-0.1, -0.05) is 61.2 Å². The lowest BCUT2D eigenvalue weighted by Crippen LogP contribution is -1.95. The van der Waals surface area contributed by atoms with E-state index in [0.29, 0.717) is 0 Å². The predicted molar refractivity (Wildman–Crippen MR) is 95.5 cm³/mol. The molecule has 0 aliphatic heterocycles. The van der Waals surface area contributed by atoms with E-state index in [-0.39, 0.29) is 0 Å². The van der Waals surface area contributed by atoms with Gasteiger partial charge in [0.25, 0.3) is 0 Å². The topological polar surface area (TPSA) is 4.93 Å². The molecule has 0 N–H and O–H groups in total. The second-order valence-electron chi connectivity index (χ2n) is 5.67. The molecule has 3 aromatic carbocycles. The Hall–Kier alpha value is -2.80. The minimum Gasteiger partial charge on any atom is -0.309 e. The number of rotatable bonds is 2. The lowest BCUT2D eigenvalue weighted by atomic mass is 10.0. The van der Waals surface area contributed by atoms with Crippen molar-refractivity contribution in [3.63, 3.8) is 0 Å². The van der Waals surface area contributed by atoms with E-state index < -0.39 is 0 Å². The number of hydrogen-bond donors (Lipinski definition) is 0. The Morgan fingerprint density at radius 1 is 0.773 bits per heavy atom. The van der Waals surface area contributed by atoms with Crippen molar-refractivity contribution in [2.45, 2.75) is 6.92 Å². The maximum Gasteiger partial charge on any atom is 0.0615 e.